The second-order valence-corrected chi connectivity index (χ2v) is 12.1. The van der Waals surface area contributed by atoms with Gasteiger partial charge in [-0.25, -0.2) is 19.2 Å². The molecule has 0 radical (unpaired) electrons. The van der Waals surface area contributed by atoms with Crippen molar-refractivity contribution in [3.63, 3.8) is 0 Å². The summed E-state index contributed by atoms with van der Waals surface area (Å²) in [6, 6.07) is 10.1. The van der Waals surface area contributed by atoms with Crippen molar-refractivity contribution in [3.05, 3.63) is 59.0 Å². The number of ether oxygens (including phenoxy) is 2. The van der Waals surface area contributed by atoms with E-state index in [9.17, 15) is 9.18 Å². The topological polar surface area (TPSA) is 75.4 Å². The first-order valence-corrected chi connectivity index (χ1v) is 14.6. The number of esters is 1. The highest BCUT2D eigenvalue weighted by atomic mass is 32.1. The monoisotopic (exact) mass is 580 g/mol. The van der Waals surface area contributed by atoms with Crippen molar-refractivity contribution in [2.45, 2.75) is 39.7 Å². The average Bonchev–Trinajstić information content (AvgIpc) is 3.57. The van der Waals surface area contributed by atoms with E-state index in [1.165, 1.54) is 30.6 Å². The number of anilines is 3. The van der Waals surface area contributed by atoms with Crippen molar-refractivity contribution in [2.24, 2.45) is 0 Å². The maximum Gasteiger partial charge on any atom is 0.350 e. The molecule has 11 heteroatoms. The van der Waals surface area contributed by atoms with Gasteiger partial charge in [0.25, 0.3) is 0 Å². The van der Waals surface area contributed by atoms with Crippen LogP contribution in [-0.4, -0.2) is 77.9 Å². The van der Waals surface area contributed by atoms with Gasteiger partial charge in [-0.3, -0.25) is 9.30 Å². The number of aromatic nitrogens is 3. The van der Waals surface area contributed by atoms with Gasteiger partial charge in [-0.05, 0) is 63.6 Å². The van der Waals surface area contributed by atoms with Crippen molar-refractivity contribution in [1.82, 2.24) is 19.3 Å². The number of thiazole rings is 1. The van der Waals surface area contributed by atoms with Crippen molar-refractivity contribution in [2.75, 3.05) is 56.9 Å². The summed E-state index contributed by atoms with van der Waals surface area (Å²) < 4.78 is 26.7. The third-order valence-corrected chi connectivity index (χ3v) is 8.22. The number of rotatable bonds is 8. The van der Waals surface area contributed by atoms with Crippen molar-refractivity contribution >= 4 is 39.6 Å². The summed E-state index contributed by atoms with van der Waals surface area (Å²) in [6.45, 7) is 12.6. The Kier molecular flexibility index (Phi) is 8.30. The lowest BCUT2D eigenvalue weighted by molar-refractivity contribution is -0.0644. The van der Waals surface area contributed by atoms with E-state index in [-0.39, 0.29) is 11.4 Å². The molecule has 41 heavy (non-hydrogen) atoms. The number of aryl methyl sites for hydroxylation is 1. The number of hydrogen-bond acceptors (Lipinski definition) is 9. The Balaban J connectivity index is 1.45. The van der Waals surface area contributed by atoms with Gasteiger partial charge in [-0.1, -0.05) is 18.3 Å². The first-order chi connectivity index (χ1) is 19.6. The van der Waals surface area contributed by atoms with Gasteiger partial charge in [0.1, 0.15) is 22.2 Å². The molecule has 0 saturated carbocycles. The van der Waals surface area contributed by atoms with Crippen LogP contribution < -0.4 is 9.80 Å². The van der Waals surface area contributed by atoms with Crippen LogP contribution in [0.2, 0.25) is 0 Å². The second kappa shape index (κ2) is 11.8. The smallest absolute Gasteiger partial charge is 0.350 e. The Hall–Kier alpha value is -3.54. The van der Waals surface area contributed by atoms with Crippen LogP contribution >= 0.6 is 11.3 Å². The van der Waals surface area contributed by atoms with Gasteiger partial charge in [0.05, 0.1) is 36.5 Å². The van der Waals surface area contributed by atoms with E-state index in [1.807, 2.05) is 18.0 Å². The number of carbonyl (C=O) groups is 1. The van der Waals surface area contributed by atoms with E-state index in [4.69, 9.17) is 19.4 Å². The van der Waals surface area contributed by atoms with Gasteiger partial charge in [0.15, 0.2) is 5.13 Å². The molecule has 4 heterocycles. The molecule has 5 rings (SSSR count). The van der Waals surface area contributed by atoms with Crippen molar-refractivity contribution in [1.29, 1.82) is 0 Å². The summed E-state index contributed by atoms with van der Waals surface area (Å²) in [4.78, 5) is 29.5. The van der Waals surface area contributed by atoms with E-state index in [0.29, 0.717) is 28.0 Å². The van der Waals surface area contributed by atoms with Gasteiger partial charge < -0.3 is 19.3 Å². The lowest BCUT2D eigenvalue weighted by Crippen LogP contribution is -2.48. The van der Waals surface area contributed by atoms with Gasteiger partial charge in [-0.15, -0.1) is 0 Å². The molecule has 1 aromatic carbocycles. The lowest BCUT2D eigenvalue weighted by atomic mass is 10.1. The molecule has 218 valence electrons. The molecular weight excluding hydrogens is 543 g/mol. The number of benzene rings is 1. The summed E-state index contributed by atoms with van der Waals surface area (Å²) in [5.41, 5.74) is 3.83. The molecule has 0 atom stereocenters. The molecule has 9 nitrogen and oxygen atoms in total. The highest BCUT2D eigenvalue weighted by Crippen LogP contribution is 2.38. The normalized spacial score (nSPS) is 14.6. The SMILES string of the molecule is CCc1nc2ccc(N3CCN(COC(C)(C)C)CC3)cn2c1N(C)c1nc(-c2ccc(F)cc2)c(C(=O)OC)s1. The van der Waals surface area contributed by atoms with Crippen LogP contribution in [0.1, 0.15) is 43.1 Å². The maximum absolute atomic E-state index is 13.6. The molecule has 0 spiro atoms. The summed E-state index contributed by atoms with van der Waals surface area (Å²) in [5, 5.41) is 0.610. The quantitative estimate of drug-likeness (QED) is 0.249. The minimum absolute atomic E-state index is 0.155. The molecule has 0 N–H and O–H groups in total. The fourth-order valence-electron chi connectivity index (χ4n) is 4.85. The van der Waals surface area contributed by atoms with Crippen molar-refractivity contribution in [3.8, 4) is 11.3 Å². The zero-order valence-corrected chi connectivity index (χ0v) is 25.3. The van der Waals surface area contributed by atoms with Gasteiger partial charge in [0, 0.05) is 45.0 Å². The summed E-state index contributed by atoms with van der Waals surface area (Å²) >= 11 is 1.24. The molecule has 1 aliphatic rings. The minimum Gasteiger partial charge on any atom is -0.465 e. The maximum atomic E-state index is 13.6. The third kappa shape index (κ3) is 6.22. The number of halogens is 1. The number of carbonyl (C=O) groups excluding carboxylic acids is 1. The van der Waals surface area contributed by atoms with Crippen LogP contribution in [0.4, 0.5) is 21.0 Å². The highest BCUT2D eigenvalue weighted by Gasteiger charge is 2.26. The minimum atomic E-state index is -0.482. The summed E-state index contributed by atoms with van der Waals surface area (Å²) in [7, 11) is 3.27. The van der Waals surface area contributed by atoms with E-state index in [2.05, 4.69) is 54.2 Å². The van der Waals surface area contributed by atoms with E-state index >= 15 is 0 Å². The second-order valence-electron chi connectivity index (χ2n) is 11.1. The first kappa shape index (κ1) is 29.0. The van der Waals surface area contributed by atoms with Crippen LogP contribution in [0, 0.1) is 5.82 Å². The molecule has 1 aliphatic heterocycles. The lowest BCUT2D eigenvalue weighted by Gasteiger charge is -2.37. The largest absolute Gasteiger partial charge is 0.465 e. The van der Waals surface area contributed by atoms with Crippen LogP contribution in [0.5, 0.6) is 0 Å². The Morgan fingerprint density at radius 3 is 2.41 bits per heavy atom. The number of imidazole rings is 1. The summed E-state index contributed by atoms with van der Waals surface area (Å²) in [5.74, 6) is 0.0526. The molecule has 0 unspecified atom stereocenters. The van der Waals surface area contributed by atoms with Crippen LogP contribution in [0.15, 0.2) is 42.6 Å². The molecule has 1 saturated heterocycles. The molecule has 0 amide bonds. The third-order valence-electron chi connectivity index (χ3n) is 7.11. The van der Waals surface area contributed by atoms with Gasteiger partial charge >= 0.3 is 5.97 Å². The molecule has 4 aromatic rings. The first-order valence-electron chi connectivity index (χ1n) is 13.8. The fraction of sp³-hybridized carbons (Fsp3) is 0.433. The predicted molar refractivity (Wildman–Crippen MR) is 161 cm³/mol. The fourth-order valence-corrected chi connectivity index (χ4v) is 5.82. The Bertz CT molecular complexity index is 1520. The molecule has 3 aromatic heterocycles. The number of fused-ring (bicyclic) bond motifs is 1. The predicted octanol–water partition coefficient (Wildman–Crippen LogP) is 5.61. The van der Waals surface area contributed by atoms with E-state index in [0.717, 1.165) is 55.4 Å². The molecule has 0 aliphatic carbocycles. The molecular formula is C30H37FN6O3S. The Morgan fingerprint density at radius 2 is 1.78 bits per heavy atom. The Morgan fingerprint density at radius 1 is 1.07 bits per heavy atom. The molecule has 0 bridgehead atoms. The number of pyridine rings is 1. The standard InChI is InChI=1S/C30H37FN6O3S/c1-7-23-27(34(5)29-33-25(26(41-29)28(38)39-6)20-8-10-21(31)11-9-20)37-18-22(12-13-24(37)32-23)36-16-14-35(15-17-36)19-40-30(2,3)4/h8-13,18H,7,14-17,19H2,1-6H3. The zero-order chi connectivity index (χ0) is 29.3. The van der Waals surface area contributed by atoms with Crippen LogP contribution in [-0.2, 0) is 15.9 Å². The van der Waals surface area contributed by atoms with E-state index < -0.39 is 5.97 Å². The average molecular weight is 581 g/mol. The highest BCUT2D eigenvalue weighted by molar-refractivity contribution is 7.18. The van der Waals surface area contributed by atoms with Gasteiger partial charge in [-0.2, -0.15) is 0 Å². The van der Waals surface area contributed by atoms with Crippen LogP contribution in [0.3, 0.4) is 0 Å². The Labute approximate surface area is 244 Å². The van der Waals surface area contributed by atoms with E-state index in [1.54, 1.807) is 12.1 Å². The zero-order valence-electron chi connectivity index (χ0n) is 24.5. The number of piperazine rings is 1. The van der Waals surface area contributed by atoms with Crippen molar-refractivity contribution < 1.29 is 18.7 Å². The number of hydrogen-bond donors (Lipinski definition) is 0. The number of nitrogens with zero attached hydrogens (tertiary/aromatic N) is 6. The van der Waals surface area contributed by atoms with Crippen LogP contribution in [0.25, 0.3) is 16.9 Å². The number of methoxy groups -OCH3 is 1. The summed E-state index contributed by atoms with van der Waals surface area (Å²) in [6.07, 6.45) is 2.85. The van der Waals surface area contributed by atoms with Gasteiger partial charge in [0.2, 0.25) is 0 Å². The molecule has 1 fully saturated rings.